The fourth-order valence-corrected chi connectivity index (χ4v) is 5.98. The van der Waals surface area contributed by atoms with Gasteiger partial charge in [0.25, 0.3) is 5.91 Å². The van der Waals surface area contributed by atoms with Crippen LogP contribution >= 0.6 is 11.8 Å². The Kier molecular flexibility index (Phi) is 6.28. The van der Waals surface area contributed by atoms with Crippen LogP contribution in [0, 0.1) is 0 Å². The Morgan fingerprint density at radius 1 is 1.38 bits per heavy atom. The summed E-state index contributed by atoms with van der Waals surface area (Å²) in [5.74, 6) is -0.627. The minimum absolute atomic E-state index is 0.0650. The highest BCUT2D eigenvalue weighted by atomic mass is 32.2. The molecule has 1 aliphatic rings. The van der Waals surface area contributed by atoms with Gasteiger partial charge in [-0.1, -0.05) is 12.1 Å². The van der Waals surface area contributed by atoms with Crippen molar-refractivity contribution >= 4 is 33.5 Å². The number of benzene rings is 1. The highest BCUT2D eigenvalue weighted by Crippen LogP contribution is 2.33. The largest absolute Gasteiger partial charge is 0.449 e. The number of hydrogen-bond acceptors (Lipinski definition) is 6. The summed E-state index contributed by atoms with van der Waals surface area (Å²) in [6.07, 6.45) is -0.312. The minimum atomic E-state index is -2.98. The molecule has 1 aromatic carbocycles. The molecule has 0 aromatic heterocycles. The molecular weight excluding hydrogens is 350 g/mol. The van der Waals surface area contributed by atoms with Crippen LogP contribution < -0.4 is 5.32 Å². The van der Waals surface area contributed by atoms with E-state index in [1.165, 1.54) is 18.7 Å². The van der Waals surface area contributed by atoms with E-state index in [9.17, 15) is 18.0 Å². The van der Waals surface area contributed by atoms with Gasteiger partial charge in [0.05, 0.1) is 17.1 Å². The molecule has 1 fully saturated rings. The van der Waals surface area contributed by atoms with Crippen molar-refractivity contribution in [1.82, 2.24) is 5.32 Å². The van der Waals surface area contributed by atoms with E-state index in [-0.39, 0.29) is 22.7 Å². The molecule has 1 aromatic rings. The fourth-order valence-electron chi connectivity index (χ4n) is 2.37. The quantitative estimate of drug-likeness (QED) is 0.765. The lowest BCUT2D eigenvalue weighted by molar-refractivity contribution is -0.128. The van der Waals surface area contributed by atoms with Crippen LogP contribution in [0.3, 0.4) is 0 Å². The van der Waals surface area contributed by atoms with Gasteiger partial charge in [0.2, 0.25) is 0 Å². The lowest BCUT2D eigenvalue weighted by Crippen LogP contribution is -2.35. The van der Waals surface area contributed by atoms with Crippen molar-refractivity contribution in [1.29, 1.82) is 0 Å². The number of ether oxygens (including phenoxy) is 1. The molecule has 0 spiro atoms. The fraction of sp³-hybridized carbons (Fsp3) is 0.500. The molecule has 0 bridgehead atoms. The molecule has 0 aliphatic carbocycles. The van der Waals surface area contributed by atoms with Crippen molar-refractivity contribution in [2.24, 2.45) is 0 Å². The van der Waals surface area contributed by atoms with E-state index in [4.69, 9.17) is 4.74 Å². The van der Waals surface area contributed by atoms with Gasteiger partial charge in [-0.2, -0.15) is 0 Å². The average molecular weight is 371 g/mol. The molecule has 2 rings (SSSR count). The van der Waals surface area contributed by atoms with Gasteiger partial charge < -0.3 is 10.1 Å². The second-order valence-corrected chi connectivity index (χ2v) is 9.15. The second kappa shape index (κ2) is 8.02. The molecule has 1 amide bonds. The van der Waals surface area contributed by atoms with Crippen molar-refractivity contribution in [2.75, 3.05) is 18.1 Å². The van der Waals surface area contributed by atoms with Gasteiger partial charge in [0.15, 0.2) is 15.9 Å². The Labute approximate surface area is 146 Å². The van der Waals surface area contributed by atoms with E-state index in [0.29, 0.717) is 23.4 Å². The number of nitrogens with one attached hydrogen (secondary N) is 1. The average Bonchev–Trinajstić information content (AvgIpc) is 2.86. The number of carbonyl (C=O) groups excluding carboxylic acids is 2. The van der Waals surface area contributed by atoms with Gasteiger partial charge in [-0.25, -0.2) is 13.2 Å². The molecule has 1 saturated heterocycles. The lowest BCUT2D eigenvalue weighted by Gasteiger charge is -2.15. The number of thioether (sulfide) groups is 1. The van der Waals surface area contributed by atoms with Crippen molar-refractivity contribution in [2.45, 2.75) is 36.5 Å². The van der Waals surface area contributed by atoms with Gasteiger partial charge in [-0.05, 0) is 32.4 Å². The van der Waals surface area contributed by atoms with Crippen LogP contribution in [0.2, 0.25) is 0 Å². The molecule has 0 saturated carbocycles. The Hall–Kier alpha value is -1.54. The van der Waals surface area contributed by atoms with Crippen LogP contribution in [0.15, 0.2) is 29.2 Å². The first-order valence-corrected chi connectivity index (χ1v) is 10.5. The smallest absolute Gasteiger partial charge is 0.340 e. The zero-order valence-corrected chi connectivity index (χ0v) is 15.3. The number of likely N-dealkylation sites (N-methyl/N-ethyl adjacent to an activating group) is 1. The highest BCUT2D eigenvalue weighted by molar-refractivity contribution is 8.02. The highest BCUT2D eigenvalue weighted by Gasteiger charge is 2.30. The van der Waals surface area contributed by atoms with Crippen LogP contribution in [-0.2, 0) is 19.4 Å². The number of rotatable bonds is 6. The maximum absolute atomic E-state index is 12.4. The summed E-state index contributed by atoms with van der Waals surface area (Å²) < 4.78 is 28.4. The first-order valence-electron chi connectivity index (χ1n) is 7.77. The third-order valence-electron chi connectivity index (χ3n) is 3.60. The Morgan fingerprint density at radius 3 is 2.71 bits per heavy atom. The number of hydrogen-bond donors (Lipinski definition) is 1. The van der Waals surface area contributed by atoms with Crippen molar-refractivity contribution in [3.05, 3.63) is 29.8 Å². The summed E-state index contributed by atoms with van der Waals surface area (Å²) in [6.45, 7) is 3.76. The zero-order valence-electron chi connectivity index (χ0n) is 13.7. The van der Waals surface area contributed by atoms with E-state index < -0.39 is 21.9 Å². The Bertz CT molecular complexity index is 717. The van der Waals surface area contributed by atoms with Crippen molar-refractivity contribution < 1.29 is 22.7 Å². The van der Waals surface area contributed by atoms with Crippen molar-refractivity contribution in [3.8, 4) is 0 Å². The van der Waals surface area contributed by atoms with E-state index in [0.717, 1.165) is 0 Å². The Balaban J connectivity index is 2.08. The lowest BCUT2D eigenvalue weighted by atomic mass is 10.2. The predicted molar refractivity (Wildman–Crippen MR) is 92.9 cm³/mol. The minimum Gasteiger partial charge on any atom is -0.449 e. The second-order valence-electron chi connectivity index (χ2n) is 5.58. The van der Waals surface area contributed by atoms with Gasteiger partial charge in [-0.15, -0.1) is 11.8 Å². The maximum Gasteiger partial charge on any atom is 0.340 e. The molecule has 0 radical (unpaired) electrons. The van der Waals surface area contributed by atoms with Crippen LogP contribution in [0.1, 0.15) is 30.6 Å². The van der Waals surface area contributed by atoms with Gasteiger partial charge in [-0.3, -0.25) is 4.79 Å². The normalized spacial score (nSPS) is 20.3. The van der Waals surface area contributed by atoms with Crippen LogP contribution in [-0.4, -0.2) is 49.7 Å². The summed E-state index contributed by atoms with van der Waals surface area (Å²) in [5.41, 5.74) is 0.350. The predicted octanol–water partition coefficient (Wildman–Crippen LogP) is 1.65. The third kappa shape index (κ3) is 4.98. The number of esters is 1. The molecule has 2 atom stereocenters. The zero-order chi connectivity index (χ0) is 17.7. The van der Waals surface area contributed by atoms with Crippen LogP contribution in [0.4, 0.5) is 0 Å². The summed E-state index contributed by atoms with van der Waals surface area (Å²) in [4.78, 5) is 24.7. The Morgan fingerprint density at radius 2 is 2.08 bits per heavy atom. The molecule has 0 unspecified atom stereocenters. The number of amides is 1. The molecule has 24 heavy (non-hydrogen) atoms. The summed E-state index contributed by atoms with van der Waals surface area (Å²) in [7, 11) is -2.98. The third-order valence-corrected chi connectivity index (χ3v) is 6.92. The van der Waals surface area contributed by atoms with Gasteiger partial charge >= 0.3 is 5.97 Å². The number of sulfone groups is 1. The molecule has 132 valence electrons. The van der Waals surface area contributed by atoms with Gasteiger partial charge in [0, 0.05) is 16.7 Å². The molecule has 8 heteroatoms. The van der Waals surface area contributed by atoms with E-state index in [1.54, 1.807) is 31.2 Å². The molecule has 1 heterocycles. The molecular formula is C16H21NO5S2. The van der Waals surface area contributed by atoms with E-state index in [2.05, 4.69) is 5.32 Å². The summed E-state index contributed by atoms with van der Waals surface area (Å²) in [6, 6.07) is 6.89. The van der Waals surface area contributed by atoms with Crippen LogP contribution in [0.5, 0.6) is 0 Å². The SMILES string of the molecule is CCNC(=O)[C@@H](C)OC(=O)c1ccccc1S[C@@H]1CCS(=O)(=O)C1. The molecule has 6 nitrogen and oxygen atoms in total. The summed E-state index contributed by atoms with van der Waals surface area (Å²) in [5, 5.41) is 2.53. The first kappa shape index (κ1) is 18.8. The topological polar surface area (TPSA) is 89.5 Å². The van der Waals surface area contributed by atoms with Crippen LogP contribution in [0.25, 0.3) is 0 Å². The first-order chi connectivity index (χ1) is 11.3. The maximum atomic E-state index is 12.4. The molecule has 1 N–H and O–H groups in total. The van der Waals surface area contributed by atoms with Gasteiger partial charge in [0.1, 0.15) is 0 Å². The standard InChI is InChI=1S/C16H21NO5S2/c1-3-17-15(18)11(2)22-16(19)13-6-4-5-7-14(13)23-12-8-9-24(20,21)10-12/h4-7,11-12H,3,8-10H2,1-2H3,(H,17,18)/t11-,12-/m1/s1. The summed E-state index contributed by atoms with van der Waals surface area (Å²) >= 11 is 1.37. The monoisotopic (exact) mass is 371 g/mol. The van der Waals surface area contributed by atoms with E-state index in [1.807, 2.05) is 0 Å². The number of carbonyl (C=O) groups is 2. The van der Waals surface area contributed by atoms with E-state index >= 15 is 0 Å². The molecule has 1 aliphatic heterocycles. The van der Waals surface area contributed by atoms with Crippen molar-refractivity contribution in [3.63, 3.8) is 0 Å².